The van der Waals surface area contributed by atoms with Gasteiger partial charge >= 0.3 is 20.5 Å². The number of ether oxygens (including phenoxy) is 6. The Bertz CT molecular complexity index is 2040. The summed E-state index contributed by atoms with van der Waals surface area (Å²) in [7, 11) is -5.78. The second kappa shape index (κ2) is 36.0. The molecule has 0 saturated carbocycles. The number of hydrogen-bond donors (Lipinski definition) is 0. The Labute approximate surface area is 469 Å². The quantitative estimate of drug-likeness (QED) is 0.0184. The van der Waals surface area contributed by atoms with Crippen LogP contribution in [0.3, 0.4) is 0 Å². The molecule has 0 radical (unpaired) electrons. The third kappa shape index (κ3) is 28.9. The van der Waals surface area contributed by atoms with E-state index < -0.39 is 37.1 Å². The summed E-state index contributed by atoms with van der Waals surface area (Å²) in [5.41, 5.74) is 0.981. The first-order chi connectivity index (χ1) is 36.9. The lowest BCUT2D eigenvalue weighted by Gasteiger charge is -2.39. The van der Waals surface area contributed by atoms with Gasteiger partial charge < -0.3 is 36.7 Å². The van der Waals surface area contributed by atoms with Crippen LogP contribution in [0.25, 0.3) is 0 Å². The van der Waals surface area contributed by atoms with Crippen LogP contribution >= 0.6 is 0 Å². The van der Waals surface area contributed by atoms with Gasteiger partial charge in [0.2, 0.25) is 0 Å². The van der Waals surface area contributed by atoms with Crippen LogP contribution in [0.1, 0.15) is 177 Å². The lowest BCUT2D eigenvalue weighted by Crippen LogP contribution is -2.52. The Morgan fingerprint density at radius 2 is 0.623 bits per heavy atom. The first kappa shape index (κ1) is 65.1. The van der Waals surface area contributed by atoms with E-state index in [0.29, 0.717) is 60.9 Å². The fourth-order valence-electron chi connectivity index (χ4n) is 9.24. The summed E-state index contributed by atoms with van der Waals surface area (Å²) in [6.45, 7) is 25.5. The smallest absolute Gasteiger partial charge is 0.343 e. The Kier molecular flexibility index (Phi) is 30.4. The molecule has 0 aliphatic carbocycles. The summed E-state index contributed by atoms with van der Waals surface area (Å²) in [4.78, 5) is 25.3. The molecule has 4 aromatic rings. The van der Waals surface area contributed by atoms with Gasteiger partial charge in [0, 0.05) is 0 Å². The highest BCUT2D eigenvalue weighted by molar-refractivity contribution is 6.87. The second-order valence-corrected chi connectivity index (χ2v) is 35.6. The molecule has 0 aliphatic heterocycles. The van der Waals surface area contributed by atoms with Crippen molar-refractivity contribution in [1.82, 2.24) is 0 Å². The van der Waals surface area contributed by atoms with Crippen LogP contribution in [0.5, 0.6) is 34.5 Å². The molecule has 0 fully saturated rings. The Balaban J connectivity index is 0.922. The number of carbonyl (C=O) groups excluding carboxylic acids is 2. The number of carbonyl (C=O) groups is 2. The summed E-state index contributed by atoms with van der Waals surface area (Å²) in [5, 5.41) is 0. The predicted molar refractivity (Wildman–Crippen MR) is 324 cm³/mol. The zero-order valence-corrected chi connectivity index (χ0v) is 52.4. The molecule has 0 N–H and O–H groups in total. The van der Waals surface area contributed by atoms with E-state index in [9.17, 15) is 9.59 Å². The Hall–Kier alpha value is -4.41. The van der Waals surface area contributed by atoms with E-state index in [2.05, 4.69) is 67.0 Å². The van der Waals surface area contributed by atoms with Crippen molar-refractivity contribution in [2.75, 3.05) is 26.4 Å². The molecule has 2 unspecified atom stereocenters. The fraction of sp³-hybridized carbons (Fsp3) is 0.594. The Morgan fingerprint density at radius 3 is 0.935 bits per heavy atom. The molecule has 0 bridgehead atoms. The van der Waals surface area contributed by atoms with E-state index in [1.54, 1.807) is 48.5 Å². The SMILES string of the molecule is CCC(C)COc1ccc(OC(=O)c2ccc(OCCCCCCCCCCC[Si](C)(C)O[Si](C)(C)O[Si](C)(C)CCCCCCCCCCCOc3ccc(C(=O)Oc4ccc(OCC(C)CC)cc4)cc3)cc2)cc1. The maximum atomic E-state index is 12.7. The van der Waals surface area contributed by atoms with Crippen molar-refractivity contribution < 1.29 is 46.2 Å². The van der Waals surface area contributed by atoms with Gasteiger partial charge in [-0.05, 0) is 173 Å². The van der Waals surface area contributed by atoms with Crippen LogP contribution in [0.2, 0.25) is 51.4 Å². The molecule has 4 aromatic carbocycles. The van der Waals surface area contributed by atoms with E-state index in [-0.39, 0.29) is 0 Å². The third-order valence-electron chi connectivity index (χ3n) is 14.1. The van der Waals surface area contributed by atoms with Crippen molar-refractivity contribution in [3.63, 3.8) is 0 Å². The molecule has 0 saturated heterocycles. The zero-order valence-electron chi connectivity index (χ0n) is 49.4. The first-order valence-corrected chi connectivity index (χ1v) is 38.8. The average molecular weight is 1110 g/mol. The number of hydrogen-bond acceptors (Lipinski definition) is 10. The largest absolute Gasteiger partial charge is 0.494 e. The molecule has 0 amide bonds. The second-order valence-electron chi connectivity index (χ2n) is 23.1. The van der Waals surface area contributed by atoms with E-state index in [1.807, 2.05) is 48.5 Å². The molecule has 0 aromatic heterocycles. The van der Waals surface area contributed by atoms with Crippen molar-refractivity contribution in [2.24, 2.45) is 11.8 Å². The standard InChI is InChI=1S/C64H100O10Si3/c1-11-53(3)51-69-59-39-43-61(44-40-59)71-63(65)55-31-35-57(36-32-55)67-47-27-23-19-15-13-17-21-25-29-49-75(5,6)73-77(9,10)74-76(7,8)50-30-26-22-18-14-16-20-24-28-48-68-58-37-33-56(34-38-58)64(66)72-62-45-41-60(42-46-62)70-52-54(4)12-2/h31-46,53-54H,11-30,47-52H2,1-10H3. The maximum absolute atomic E-state index is 12.7. The van der Waals surface area contributed by atoms with Crippen LogP contribution < -0.4 is 28.4 Å². The van der Waals surface area contributed by atoms with E-state index >= 15 is 0 Å². The average Bonchev–Trinajstić information content (AvgIpc) is 3.40. The van der Waals surface area contributed by atoms with Gasteiger partial charge in [-0.1, -0.05) is 143 Å². The van der Waals surface area contributed by atoms with Crippen LogP contribution in [-0.2, 0) is 8.23 Å². The summed E-state index contributed by atoms with van der Waals surface area (Å²) in [6.07, 6.45) is 24.5. The van der Waals surface area contributed by atoms with Gasteiger partial charge in [-0.15, -0.1) is 0 Å². The van der Waals surface area contributed by atoms with Crippen LogP contribution in [0, 0.1) is 11.8 Å². The van der Waals surface area contributed by atoms with Gasteiger partial charge in [-0.2, -0.15) is 0 Å². The number of benzene rings is 4. The monoisotopic (exact) mass is 1110 g/mol. The van der Waals surface area contributed by atoms with Gasteiger partial charge in [0.25, 0.3) is 0 Å². The van der Waals surface area contributed by atoms with Gasteiger partial charge in [-0.25, -0.2) is 9.59 Å². The normalized spacial score (nSPS) is 12.7. The molecule has 0 spiro atoms. The molecular weight excluding hydrogens is 1010 g/mol. The first-order valence-electron chi connectivity index (χ1n) is 29.7. The highest BCUT2D eigenvalue weighted by Gasteiger charge is 2.39. The van der Waals surface area contributed by atoms with Crippen molar-refractivity contribution in [2.45, 2.75) is 207 Å². The third-order valence-corrected chi connectivity index (χ3v) is 25.6. The van der Waals surface area contributed by atoms with Crippen LogP contribution in [0.4, 0.5) is 0 Å². The van der Waals surface area contributed by atoms with Gasteiger partial charge in [-0.3, -0.25) is 0 Å². The molecule has 10 nitrogen and oxygen atoms in total. The summed E-state index contributed by atoms with van der Waals surface area (Å²) in [6, 6.07) is 31.2. The van der Waals surface area contributed by atoms with Crippen LogP contribution in [0.15, 0.2) is 97.1 Å². The molecule has 2 atom stereocenters. The fourth-order valence-corrected chi connectivity index (χ4v) is 23.4. The van der Waals surface area contributed by atoms with Gasteiger partial charge in [0.1, 0.15) is 34.5 Å². The highest BCUT2D eigenvalue weighted by Crippen LogP contribution is 2.29. The van der Waals surface area contributed by atoms with Crippen LogP contribution in [-0.4, -0.2) is 63.6 Å². The number of rotatable bonds is 42. The number of unbranched alkanes of at least 4 members (excludes halogenated alkanes) is 16. The molecule has 0 aliphatic rings. The summed E-state index contributed by atoms with van der Waals surface area (Å²) < 4.78 is 48.5. The van der Waals surface area contributed by atoms with Crippen molar-refractivity contribution in [1.29, 1.82) is 0 Å². The molecule has 428 valence electrons. The molecular formula is C64H100O10Si3. The van der Waals surface area contributed by atoms with Crippen molar-refractivity contribution in [3.05, 3.63) is 108 Å². The minimum Gasteiger partial charge on any atom is -0.494 e. The zero-order chi connectivity index (χ0) is 55.8. The topological polar surface area (TPSA) is 108 Å². The molecule has 13 heteroatoms. The van der Waals surface area contributed by atoms with E-state index in [1.165, 1.54) is 115 Å². The number of esters is 2. The van der Waals surface area contributed by atoms with E-state index in [0.717, 1.165) is 48.7 Å². The molecule has 0 heterocycles. The van der Waals surface area contributed by atoms with E-state index in [4.69, 9.17) is 36.7 Å². The predicted octanol–water partition coefficient (Wildman–Crippen LogP) is 18.6. The van der Waals surface area contributed by atoms with Gasteiger partial charge in [0.15, 0.2) is 16.6 Å². The molecule has 77 heavy (non-hydrogen) atoms. The maximum Gasteiger partial charge on any atom is 0.343 e. The lowest BCUT2D eigenvalue weighted by atomic mass is 10.1. The van der Waals surface area contributed by atoms with Crippen molar-refractivity contribution >= 4 is 37.1 Å². The molecule has 4 rings (SSSR count). The van der Waals surface area contributed by atoms with Crippen molar-refractivity contribution in [3.8, 4) is 34.5 Å². The minimum atomic E-state index is -2.20. The minimum absolute atomic E-state index is 0.392. The lowest BCUT2D eigenvalue weighted by molar-refractivity contribution is 0.0725. The van der Waals surface area contributed by atoms with Gasteiger partial charge in [0.05, 0.1) is 37.6 Å². The Morgan fingerprint density at radius 1 is 0.364 bits per heavy atom. The highest BCUT2D eigenvalue weighted by atomic mass is 28.5. The summed E-state index contributed by atoms with van der Waals surface area (Å²) >= 11 is 0. The summed E-state index contributed by atoms with van der Waals surface area (Å²) in [5.74, 6) is 4.28.